The van der Waals surface area contributed by atoms with Crippen LogP contribution in [0.2, 0.25) is 0 Å². The maximum absolute atomic E-state index is 11.2. The Kier molecular flexibility index (Phi) is 2.12. The highest BCUT2D eigenvalue weighted by Gasteiger charge is 2.56. The lowest BCUT2D eigenvalue weighted by Gasteiger charge is -2.45. The highest BCUT2D eigenvalue weighted by atomic mass is 16.3. The van der Waals surface area contributed by atoms with Crippen LogP contribution in [0.4, 0.5) is 0 Å². The van der Waals surface area contributed by atoms with E-state index in [1.807, 2.05) is 12.1 Å². The summed E-state index contributed by atoms with van der Waals surface area (Å²) in [6.07, 6.45) is 6.04. The molecule has 0 spiro atoms. The van der Waals surface area contributed by atoms with E-state index in [9.17, 15) is 10.2 Å². The van der Waals surface area contributed by atoms with Gasteiger partial charge in [0.15, 0.2) is 0 Å². The summed E-state index contributed by atoms with van der Waals surface area (Å²) in [6.45, 7) is 0. The molecule has 18 heavy (non-hydrogen) atoms. The molecule has 1 aromatic carbocycles. The van der Waals surface area contributed by atoms with Gasteiger partial charge in [-0.3, -0.25) is 0 Å². The Morgan fingerprint density at radius 1 is 1.06 bits per heavy atom. The van der Waals surface area contributed by atoms with Crippen molar-refractivity contribution in [3.8, 4) is 5.75 Å². The minimum absolute atomic E-state index is 0.272. The van der Waals surface area contributed by atoms with Crippen molar-refractivity contribution in [3.63, 3.8) is 0 Å². The SMILES string of the molecule is Oc1cccc([C@]2(O)CC3CC4CC(C3)C2C4)c1. The largest absolute Gasteiger partial charge is 0.508 e. The first-order valence-electron chi connectivity index (χ1n) is 7.17. The van der Waals surface area contributed by atoms with Gasteiger partial charge in [0.25, 0.3) is 0 Å². The molecule has 3 fully saturated rings. The van der Waals surface area contributed by atoms with Crippen LogP contribution in [0.3, 0.4) is 0 Å². The molecule has 0 radical (unpaired) electrons. The van der Waals surface area contributed by atoms with Gasteiger partial charge in [0.2, 0.25) is 0 Å². The molecule has 0 heterocycles. The maximum atomic E-state index is 11.2. The second-order valence-corrected chi connectivity index (χ2v) is 6.72. The molecule has 2 nitrogen and oxygen atoms in total. The van der Waals surface area contributed by atoms with Crippen LogP contribution in [0, 0.1) is 23.7 Å². The zero-order valence-corrected chi connectivity index (χ0v) is 10.5. The first kappa shape index (κ1) is 10.9. The minimum Gasteiger partial charge on any atom is -0.508 e. The lowest BCUT2D eigenvalue weighted by atomic mass is 9.63. The van der Waals surface area contributed by atoms with Crippen molar-refractivity contribution < 1.29 is 10.2 Å². The predicted molar refractivity (Wildman–Crippen MR) is 69.0 cm³/mol. The summed E-state index contributed by atoms with van der Waals surface area (Å²) in [4.78, 5) is 0. The van der Waals surface area contributed by atoms with Crippen LogP contribution in [0.15, 0.2) is 24.3 Å². The van der Waals surface area contributed by atoms with E-state index in [0.29, 0.717) is 11.8 Å². The van der Waals surface area contributed by atoms with Crippen molar-refractivity contribution in [1.29, 1.82) is 0 Å². The van der Waals surface area contributed by atoms with E-state index < -0.39 is 5.60 Å². The molecule has 2 heteroatoms. The number of benzene rings is 1. The third-order valence-corrected chi connectivity index (χ3v) is 5.65. The summed E-state index contributed by atoms with van der Waals surface area (Å²) in [5.41, 5.74) is 0.252. The normalized spacial score (nSPS) is 45.4. The Balaban J connectivity index is 1.79. The molecule has 1 aromatic rings. The highest BCUT2D eigenvalue weighted by molar-refractivity contribution is 5.33. The van der Waals surface area contributed by atoms with Crippen LogP contribution in [-0.2, 0) is 5.60 Å². The lowest BCUT2D eigenvalue weighted by molar-refractivity contribution is -0.0871. The number of rotatable bonds is 1. The van der Waals surface area contributed by atoms with E-state index >= 15 is 0 Å². The molecule has 0 amide bonds. The predicted octanol–water partition coefficient (Wildman–Crippen LogP) is 3.04. The fourth-order valence-corrected chi connectivity index (χ4v) is 5.14. The second-order valence-electron chi connectivity index (χ2n) is 6.72. The maximum Gasteiger partial charge on any atom is 0.115 e. The molecule has 2 N–H and O–H groups in total. The second kappa shape index (κ2) is 3.51. The van der Waals surface area contributed by atoms with Gasteiger partial charge in [-0.2, -0.15) is 0 Å². The van der Waals surface area contributed by atoms with Gasteiger partial charge in [-0.25, -0.2) is 0 Å². The quantitative estimate of drug-likeness (QED) is 0.797. The third kappa shape index (κ3) is 1.38. The van der Waals surface area contributed by atoms with Crippen molar-refractivity contribution in [3.05, 3.63) is 29.8 Å². The smallest absolute Gasteiger partial charge is 0.115 e. The lowest BCUT2D eigenvalue weighted by Crippen LogP contribution is -2.43. The molecule has 3 aliphatic carbocycles. The molecule has 0 saturated heterocycles. The molecular weight excluding hydrogens is 224 g/mol. The van der Waals surface area contributed by atoms with E-state index in [1.165, 1.54) is 25.7 Å². The molecule has 0 aromatic heterocycles. The van der Waals surface area contributed by atoms with E-state index in [1.54, 1.807) is 12.1 Å². The summed E-state index contributed by atoms with van der Waals surface area (Å²) >= 11 is 0. The van der Waals surface area contributed by atoms with Crippen LogP contribution < -0.4 is 0 Å². The zero-order valence-electron chi connectivity index (χ0n) is 10.5. The molecule has 3 bridgehead atoms. The Morgan fingerprint density at radius 3 is 2.72 bits per heavy atom. The monoisotopic (exact) mass is 244 g/mol. The molecule has 5 atom stereocenters. The van der Waals surface area contributed by atoms with E-state index in [0.717, 1.165) is 23.8 Å². The number of phenols is 1. The van der Waals surface area contributed by atoms with Crippen molar-refractivity contribution in [2.45, 2.75) is 37.7 Å². The number of aliphatic hydroxyl groups is 1. The molecule has 4 unspecified atom stereocenters. The number of hydrogen-bond donors (Lipinski definition) is 2. The summed E-state index contributed by atoms with van der Waals surface area (Å²) in [5, 5.41) is 20.9. The van der Waals surface area contributed by atoms with Gasteiger partial charge in [-0.1, -0.05) is 12.1 Å². The third-order valence-electron chi connectivity index (χ3n) is 5.65. The number of fused-ring (bicyclic) bond motifs is 2. The molecule has 4 rings (SSSR count). The van der Waals surface area contributed by atoms with Gasteiger partial charge in [0.05, 0.1) is 5.60 Å². The van der Waals surface area contributed by atoms with Crippen molar-refractivity contribution >= 4 is 0 Å². The molecule has 96 valence electrons. The number of phenolic OH excluding ortho intramolecular Hbond substituents is 1. The van der Waals surface area contributed by atoms with Crippen LogP contribution in [0.5, 0.6) is 5.75 Å². The summed E-state index contributed by atoms with van der Waals surface area (Å²) in [5.74, 6) is 2.95. The van der Waals surface area contributed by atoms with Crippen LogP contribution in [0.1, 0.15) is 37.7 Å². The Morgan fingerprint density at radius 2 is 1.89 bits per heavy atom. The fourth-order valence-electron chi connectivity index (χ4n) is 5.14. The molecule has 3 aliphatic rings. The van der Waals surface area contributed by atoms with Gasteiger partial charge >= 0.3 is 0 Å². The zero-order chi connectivity index (χ0) is 12.3. The van der Waals surface area contributed by atoms with Gasteiger partial charge in [-0.05, 0) is 73.5 Å². The van der Waals surface area contributed by atoms with Crippen molar-refractivity contribution in [1.82, 2.24) is 0 Å². The van der Waals surface area contributed by atoms with Gasteiger partial charge in [0.1, 0.15) is 5.75 Å². The van der Waals surface area contributed by atoms with Crippen LogP contribution >= 0.6 is 0 Å². The van der Waals surface area contributed by atoms with E-state index in [4.69, 9.17) is 0 Å². The van der Waals surface area contributed by atoms with Gasteiger partial charge in [-0.15, -0.1) is 0 Å². The topological polar surface area (TPSA) is 40.5 Å². The average Bonchev–Trinajstić information content (AvgIpc) is 2.59. The number of hydrogen-bond acceptors (Lipinski definition) is 2. The first-order chi connectivity index (χ1) is 8.65. The standard InChI is InChI=1S/C16H20O2/c17-14-3-1-2-13(8-14)16(18)9-11-4-10-5-12(6-11)15(16)7-10/h1-3,8,10-12,15,17-18H,4-7,9H2/t10?,11?,12?,15?,16-/m1/s1. The first-order valence-corrected chi connectivity index (χ1v) is 7.17. The number of aromatic hydroxyl groups is 1. The molecular formula is C16H20O2. The summed E-state index contributed by atoms with van der Waals surface area (Å²) in [6, 6.07) is 7.28. The highest BCUT2D eigenvalue weighted by Crippen LogP contribution is 2.61. The van der Waals surface area contributed by atoms with Gasteiger partial charge < -0.3 is 10.2 Å². The summed E-state index contributed by atoms with van der Waals surface area (Å²) < 4.78 is 0. The Bertz CT molecular complexity index is 482. The van der Waals surface area contributed by atoms with Crippen molar-refractivity contribution in [2.24, 2.45) is 23.7 Å². The van der Waals surface area contributed by atoms with Gasteiger partial charge in [0, 0.05) is 0 Å². The minimum atomic E-state index is -0.683. The molecule has 3 saturated carbocycles. The summed E-state index contributed by atoms with van der Waals surface area (Å²) in [7, 11) is 0. The van der Waals surface area contributed by atoms with Crippen molar-refractivity contribution in [2.75, 3.05) is 0 Å². The average molecular weight is 244 g/mol. The Hall–Kier alpha value is -1.02. The van der Waals surface area contributed by atoms with Crippen LogP contribution in [-0.4, -0.2) is 10.2 Å². The Labute approximate surface area is 108 Å². The van der Waals surface area contributed by atoms with Crippen LogP contribution in [0.25, 0.3) is 0 Å². The van der Waals surface area contributed by atoms with E-state index in [-0.39, 0.29) is 5.75 Å². The molecule has 0 aliphatic heterocycles. The fraction of sp³-hybridized carbons (Fsp3) is 0.625. The van der Waals surface area contributed by atoms with E-state index in [2.05, 4.69) is 0 Å².